The van der Waals surface area contributed by atoms with Crippen molar-refractivity contribution in [1.29, 1.82) is 5.26 Å². The summed E-state index contributed by atoms with van der Waals surface area (Å²) < 4.78 is 25.5. The first kappa shape index (κ1) is 19.8. The molecule has 136 valence electrons. The lowest BCUT2D eigenvalue weighted by atomic mass is 10.2. The Balaban J connectivity index is 2.15. The van der Waals surface area contributed by atoms with E-state index >= 15 is 0 Å². The standard InChI is InChI=1S/C18H18ClN3O3S/c1-13-11-15(19)7-8-17(13)22(26(2,24)25)10-9-18(23)21-16-6-4-3-5-14(16)12-20/h3-8,11H,9-10H2,1-2H3,(H,21,23). The van der Waals surface area contributed by atoms with Gasteiger partial charge in [0.05, 0.1) is 23.2 Å². The largest absolute Gasteiger partial charge is 0.325 e. The summed E-state index contributed by atoms with van der Waals surface area (Å²) in [6.45, 7) is 1.73. The summed E-state index contributed by atoms with van der Waals surface area (Å²) in [7, 11) is -3.58. The SMILES string of the molecule is Cc1cc(Cl)ccc1N(CCC(=O)Nc1ccccc1C#N)S(C)(=O)=O. The van der Waals surface area contributed by atoms with Gasteiger partial charge in [0.25, 0.3) is 0 Å². The number of halogens is 1. The lowest BCUT2D eigenvalue weighted by molar-refractivity contribution is -0.116. The van der Waals surface area contributed by atoms with E-state index < -0.39 is 10.0 Å². The molecule has 2 aromatic rings. The molecule has 0 fully saturated rings. The van der Waals surface area contributed by atoms with E-state index in [-0.39, 0.29) is 18.9 Å². The fourth-order valence-corrected chi connectivity index (χ4v) is 3.68. The quantitative estimate of drug-likeness (QED) is 0.817. The van der Waals surface area contributed by atoms with E-state index in [0.29, 0.717) is 27.5 Å². The fraction of sp³-hybridized carbons (Fsp3) is 0.222. The second kappa shape index (κ2) is 8.21. The van der Waals surface area contributed by atoms with Gasteiger partial charge < -0.3 is 5.32 Å². The highest BCUT2D eigenvalue weighted by Gasteiger charge is 2.20. The van der Waals surface area contributed by atoms with Crippen LogP contribution in [0.3, 0.4) is 0 Å². The molecule has 0 saturated heterocycles. The average Bonchev–Trinajstić information content (AvgIpc) is 2.56. The van der Waals surface area contributed by atoms with E-state index in [1.165, 1.54) is 4.31 Å². The van der Waals surface area contributed by atoms with Crippen molar-refractivity contribution in [3.8, 4) is 6.07 Å². The van der Waals surface area contributed by atoms with E-state index in [2.05, 4.69) is 5.32 Å². The van der Waals surface area contributed by atoms with Crippen LogP contribution in [0.15, 0.2) is 42.5 Å². The number of nitriles is 1. The predicted molar refractivity (Wildman–Crippen MR) is 103 cm³/mol. The highest BCUT2D eigenvalue weighted by Crippen LogP contribution is 2.26. The third-order valence-corrected chi connectivity index (χ3v) is 5.11. The molecule has 0 radical (unpaired) electrons. The van der Waals surface area contributed by atoms with E-state index in [9.17, 15) is 13.2 Å². The number of para-hydroxylation sites is 1. The molecule has 2 aromatic carbocycles. The number of anilines is 2. The van der Waals surface area contributed by atoms with Gasteiger partial charge in [0, 0.05) is 18.0 Å². The maximum Gasteiger partial charge on any atom is 0.232 e. The normalized spacial score (nSPS) is 10.8. The Bertz CT molecular complexity index is 968. The highest BCUT2D eigenvalue weighted by molar-refractivity contribution is 7.92. The number of nitrogens with zero attached hydrogens (tertiary/aromatic N) is 2. The van der Waals surface area contributed by atoms with Crippen molar-refractivity contribution in [1.82, 2.24) is 0 Å². The Morgan fingerprint density at radius 2 is 1.96 bits per heavy atom. The molecule has 0 saturated carbocycles. The molecule has 26 heavy (non-hydrogen) atoms. The molecular formula is C18H18ClN3O3S. The molecule has 1 N–H and O–H groups in total. The minimum absolute atomic E-state index is 0.0259. The summed E-state index contributed by atoms with van der Waals surface area (Å²) in [5.74, 6) is -0.382. The first-order valence-corrected chi connectivity index (χ1v) is 9.98. The monoisotopic (exact) mass is 391 g/mol. The number of amides is 1. The van der Waals surface area contributed by atoms with Crippen molar-refractivity contribution in [3.63, 3.8) is 0 Å². The van der Waals surface area contributed by atoms with E-state index in [1.807, 2.05) is 6.07 Å². The van der Waals surface area contributed by atoms with Crippen LogP contribution in [0, 0.1) is 18.3 Å². The summed E-state index contributed by atoms with van der Waals surface area (Å²) >= 11 is 5.92. The van der Waals surface area contributed by atoms with Gasteiger partial charge in [-0.15, -0.1) is 0 Å². The average molecular weight is 392 g/mol. The highest BCUT2D eigenvalue weighted by atomic mass is 35.5. The number of hydrogen-bond donors (Lipinski definition) is 1. The summed E-state index contributed by atoms with van der Waals surface area (Å²) in [5.41, 5.74) is 1.91. The Hall–Kier alpha value is -2.56. The van der Waals surface area contributed by atoms with Gasteiger partial charge in [-0.25, -0.2) is 8.42 Å². The van der Waals surface area contributed by atoms with Crippen molar-refractivity contribution in [3.05, 3.63) is 58.6 Å². The molecular weight excluding hydrogens is 374 g/mol. The van der Waals surface area contributed by atoms with E-state index in [4.69, 9.17) is 16.9 Å². The zero-order valence-corrected chi connectivity index (χ0v) is 15.9. The molecule has 0 aliphatic heterocycles. The van der Waals surface area contributed by atoms with Gasteiger partial charge in [-0.05, 0) is 42.8 Å². The summed E-state index contributed by atoms with van der Waals surface area (Å²) in [4.78, 5) is 12.2. The Kier molecular flexibility index (Phi) is 6.24. The van der Waals surface area contributed by atoms with Gasteiger partial charge in [-0.2, -0.15) is 5.26 Å². The number of aryl methyl sites for hydroxylation is 1. The lowest BCUT2D eigenvalue weighted by Crippen LogP contribution is -2.33. The third kappa shape index (κ3) is 4.97. The number of carbonyl (C=O) groups is 1. The molecule has 0 bridgehead atoms. The van der Waals surface area contributed by atoms with Crippen molar-refractivity contribution in [2.24, 2.45) is 0 Å². The Morgan fingerprint density at radius 1 is 1.27 bits per heavy atom. The second-order valence-electron chi connectivity index (χ2n) is 5.72. The molecule has 0 aromatic heterocycles. The van der Waals surface area contributed by atoms with Gasteiger partial charge >= 0.3 is 0 Å². The zero-order valence-electron chi connectivity index (χ0n) is 14.4. The summed E-state index contributed by atoms with van der Waals surface area (Å²) in [6.07, 6.45) is 1.03. The fourth-order valence-electron chi connectivity index (χ4n) is 2.47. The Labute approximate surface area is 158 Å². The molecule has 8 heteroatoms. The maximum absolute atomic E-state index is 12.2. The molecule has 1 amide bonds. The van der Waals surface area contributed by atoms with E-state index in [0.717, 1.165) is 6.26 Å². The van der Waals surface area contributed by atoms with Crippen LogP contribution >= 0.6 is 11.6 Å². The van der Waals surface area contributed by atoms with Gasteiger partial charge in [-0.3, -0.25) is 9.10 Å². The number of benzene rings is 2. The van der Waals surface area contributed by atoms with Crippen LogP contribution in [0.4, 0.5) is 11.4 Å². The van der Waals surface area contributed by atoms with Crippen LogP contribution in [-0.4, -0.2) is 27.1 Å². The van der Waals surface area contributed by atoms with Crippen LogP contribution in [-0.2, 0) is 14.8 Å². The minimum Gasteiger partial charge on any atom is -0.325 e. The van der Waals surface area contributed by atoms with Gasteiger partial charge in [-0.1, -0.05) is 23.7 Å². The first-order valence-electron chi connectivity index (χ1n) is 7.75. The number of rotatable bonds is 6. The predicted octanol–water partition coefficient (Wildman–Crippen LogP) is 3.31. The number of nitrogens with one attached hydrogen (secondary N) is 1. The van der Waals surface area contributed by atoms with Crippen LogP contribution in [0.5, 0.6) is 0 Å². The minimum atomic E-state index is -3.58. The van der Waals surface area contributed by atoms with Crippen LogP contribution in [0.25, 0.3) is 0 Å². The number of hydrogen-bond acceptors (Lipinski definition) is 4. The summed E-state index contributed by atoms with van der Waals surface area (Å²) in [6, 6.07) is 13.5. The third-order valence-electron chi connectivity index (χ3n) is 3.69. The number of carbonyl (C=O) groups excluding carboxylic acids is 1. The number of sulfonamides is 1. The van der Waals surface area contributed by atoms with Crippen LogP contribution in [0.1, 0.15) is 17.5 Å². The van der Waals surface area contributed by atoms with Crippen molar-refractivity contribution in [2.45, 2.75) is 13.3 Å². The molecule has 2 rings (SSSR count). The van der Waals surface area contributed by atoms with Crippen LogP contribution < -0.4 is 9.62 Å². The topological polar surface area (TPSA) is 90.3 Å². The lowest BCUT2D eigenvalue weighted by Gasteiger charge is -2.24. The molecule has 0 aliphatic rings. The summed E-state index contributed by atoms with van der Waals surface area (Å²) in [5, 5.41) is 12.2. The maximum atomic E-state index is 12.2. The molecule has 0 aliphatic carbocycles. The first-order chi connectivity index (χ1) is 12.2. The molecule has 0 spiro atoms. The van der Waals surface area contributed by atoms with Gasteiger partial charge in [0.1, 0.15) is 6.07 Å². The molecule has 0 atom stereocenters. The van der Waals surface area contributed by atoms with Crippen molar-refractivity contribution in [2.75, 3.05) is 22.4 Å². The second-order valence-corrected chi connectivity index (χ2v) is 8.06. The smallest absolute Gasteiger partial charge is 0.232 e. The van der Waals surface area contributed by atoms with Crippen LogP contribution in [0.2, 0.25) is 5.02 Å². The zero-order chi connectivity index (χ0) is 19.3. The Morgan fingerprint density at radius 3 is 2.58 bits per heavy atom. The van der Waals surface area contributed by atoms with E-state index in [1.54, 1.807) is 49.4 Å². The van der Waals surface area contributed by atoms with Gasteiger partial charge in [0.15, 0.2) is 0 Å². The molecule has 6 nitrogen and oxygen atoms in total. The van der Waals surface area contributed by atoms with Gasteiger partial charge in [0.2, 0.25) is 15.9 Å². The molecule has 0 unspecified atom stereocenters. The molecule has 0 heterocycles. The van der Waals surface area contributed by atoms with Crippen molar-refractivity contribution < 1.29 is 13.2 Å². The van der Waals surface area contributed by atoms with Crippen molar-refractivity contribution >= 4 is 38.9 Å².